The molecular weight excluding hydrogens is 274 g/mol. The van der Waals surface area contributed by atoms with Crippen molar-refractivity contribution >= 4 is 34.8 Å². The molecule has 4 nitrogen and oxygen atoms in total. The average Bonchev–Trinajstić information content (AvgIpc) is 2.75. The number of hydrogen-bond donors (Lipinski definition) is 1. The van der Waals surface area contributed by atoms with Crippen LogP contribution in [-0.4, -0.2) is 35.0 Å². The summed E-state index contributed by atoms with van der Waals surface area (Å²) in [6, 6.07) is 1.72. The van der Waals surface area contributed by atoms with Crippen molar-refractivity contribution < 1.29 is 14.7 Å². The summed E-state index contributed by atoms with van der Waals surface area (Å²) >= 11 is 7.28. The third-order valence-corrected chi connectivity index (χ3v) is 4.51. The number of carbonyl (C=O) groups is 2. The molecule has 0 aromatic carbocycles. The lowest BCUT2D eigenvalue weighted by Gasteiger charge is -2.31. The molecule has 0 radical (unpaired) electrons. The Kier molecular flexibility index (Phi) is 4.24. The van der Waals surface area contributed by atoms with Gasteiger partial charge in [-0.2, -0.15) is 0 Å². The summed E-state index contributed by atoms with van der Waals surface area (Å²) in [4.78, 5) is 25.1. The number of rotatable bonds is 3. The first-order chi connectivity index (χ1) is 8.58. The molecule has 2 rings (SSSR count). The van der Waals surface area contributed by atoms with Crippen LogP contribution in [0.3, 0.4) is 0 Å². The summed E-state index contributed by atoms with van der Waals surface area (Å²) in [6.07, 6.45) is 1.70. The van der Waals surface area contributed by atoms with Crippen molar-refractivity contribution in [2.45, 2.75) is 19.3 Å². The topological polar surface area (TPSA) is 57.6 Å². The van der Waals surface area contributed by atoms with Gasteiger partial charge in [-0.3, -0.25) is 9.59 Å². The Labute approximate surface area is 114 Å². The van der Waals surface area contributed by atoms with E-state index in [0.717, 1.165) is 12.8 Å². The highest BCUT2D eigenvalue weighted by Gasteiger charge is 2.26. The van der Waals surface area contributed by atoms with E-state index >= 15 is 0 Å². The lowest BCUT2D eigenvalue weighted by Crippen LogP contribution is -2.38. The summed E-state index contributed by atoms with van der Waals surface area (Å²) in [7, 11) is 0. The maximum atomic E-state index is 12.1. The van der Waals surface area contributed by atoms with Gasteiger partial charge in [0.1, 0.15) is 4.88 Å². The molecule has 98 valence electrons. The molecule has 2 heterocycles. The number of aliphatic carboxylic acids is 1. The smallest absolute Gasteiger partial charge is 0.303 e. The fourth-order valence-electron chi connectivity index (χ4n) is 2.18. The Morgan fingerprint density at radius 1 is 1.44 bits per heavy atom. The molecule has 1 saturated heterocycles. The van der Waals surface area contributed by atoms with Gasteiger partial charge >= 0.3 is 5.97 Å². The van der Waals surface area contributed by atoms with Crippen molar-refractivity contribution in [1.82, 2.24) is 4.90 Å². The zero-order chi connectivity index (χ0) is 13.1. The van der Waals surface area contributed by atoms with E-state index in [0.29, 0.717) is 23.0 Å². The van der Waals surface area contributed by atoms with E-state index in [4.69, 9.17) is 16.7 Å². The summed E-state index contributed by atoms with van der Waals surface area (Å²) in [6.45, 7) is 1.23. The standard InChI is InChI=1S/C12H14ClNO3S/c13-9-3-6-18-11(9)12(17)14-4-1-8(2-5-14)7-10(15)16/h3,6,8H,1-2,4-5,7H2,(H,15,16). The quantitative estimate of drug-likeness (QED) is 0.930. The molecule has 0 saturated carbocycles. The van der Waals surface area contributed by atoms with Gasteiger partial charge in [-0.05, 0) is 30.2 Å². The number of hydrogen-bond acceptors (Lipinski definition) is 3. The summed E-state index contributed by atoms with van der Waals surface area (Å²) in [5.41, 5.74) is 0. The molecule has 1 aromatic heterocycles. The second-order valence-corrected chi connectivity index (χ2v) is 5.75. The van der Waals surface area contributed by atoms with Crippen LogP contribution < -0.4 is 0 Å². The van der Waals surface area contributed by atoms with E-state index in [1.54, 1.807) is 16.3 Å². The van der Waals surface area contributed by atoms with E-state index in [1.165, 1.54) is 11.3 Å². The average molecular weight is 288 g/mol. The number of nitrogens with zero attached hydrogens (tertiary/aromatic N) is 1. The van der Waals surface area contributed by atoms with Gasteiger partial charge in [0.05, 0.1) is 5.02 Å². The number of halogens is 1. The van der Waals surface area contributed by atoms with Crippen LogP contribution in [0.2, 0.25) is 5.02 Å². The SMILES string of the molecule is O=C(O)CC1CCN(C(=O)c2sccc2Cl)CC1. The van der Waals surface area contributed by atoms with E-state index in [9.17, 15) is 9.59 Å². The molecular formula is C12H14ClNO3S. The number of carboxylic acid groups (broad SMARTS) is 1. The van der Waals surface area contributed by atoms with Crippen LogP contribution >= 0.6 is 22.9 Å². The van der Waals surface area contributed by atoms with Crippen LogP contribution in [-0.2, 0) is 4.79 Å². The number of carbonyl (C=O) groups excluding carboxylic acids is 1. The Morgan fingerprint density at radius 2 is 2.11 bits per heavy atom. The van der Waals surface area contributed by atoms with Crippen molar-refractivity contribution in [2.75, 3.05) is 13.1 Å². The minimum absolute atomic E-state index is 0.0382. The van der Waals surface area contributed by atoms with Gasteiger partial charge in [-0.25, -0.2) is 0 Å². The maximum absolute atomic E-state index is 12.1. The lowest BCUT2D eigenvalue weighted by atomic mass is 9.93. The van der Waals surface area contributed by atoms with Gasteiger partial charge in [0.25, 0.3) is 5.91 Å². The second-order valence-electron chi connectivity index (χ2n) is 4.43. The summed E-state index contributed by atoms with van der Waals surface area (Å²) in [5.74, 6) is -0.616. The highest BCUT2D eigenvalue weighted by molar-refractivity contribution is 7.12. The van der Waals surface area contributed by atoms with Crippen LogP contribution in [0.15, 0.2) is 11.4 Å². The molecule has 0 bridgehead atoms. The van der Waals surface area contributed by atoms with Gasteiger partial charge < -0.3 is 10.0 Å². The molecule has 1 aromatic rings. The van der Waals surface area contributed by atoms with Crippen LogP contribution in [0.25, 0.3) is 0 Å². The zero-order valence-corrected chi connectivity index (χ0v) is 11.3. The summed E-state index contributed by atoms with van der Waals surface area (Å²) < 4.78 is 0. The third kappa shape index (κ3) is 3.03. The fourth-order valence-corrected chi connectivity index (χ4v) is 3.28. The van der Waals surface area contributed by atoms with Crippen molar-refractivity contribution in [2.24, 2.45) is 5.92 Å². The highest BCUT2D eigenvalue weighted by atomic mass is 35.5. The Morgan fingerprint density at radius 3 is 2.61 bits per heavy atom. The molecule has 0 aliphatic carbocycles. The first-order valence-electron chi connectivity index (χ1n) is 5.82. The van der Waals surface area contributed by atoms with Gasteiger partial charge in [0.2, 0.25) is 0 Å². The van der Waals surface area contributed by atoms with E-state index < -0.39 is 5.97 Å². The predicted molar refractivity (Wildman–Crippen MR) is 70.2 cm³/mol. The molecule has 1 aliphatic heterocycles. The minimum Gasteiger partial charge on any atom is -0.481 e. The van der Waals surface area contributed by atoms with Crippen molar-refractivity contribution in [3.8, 4) is 0 Å². The highest BCUT2D eigenvalue weighted by Crippen LogP contribution is 2.27. The van der Waals surface area contributed by atoms with Crippen LogP contribution in [0.1, 0.15) is 28.9 Å². The number of piperidine rings is 1. The van der Waals surface area contributed by atoms with Gasteiger partial charge in [-0.15, -0.1) is 11.3 Å². The van der Waals surface area contributed by atoms with Crippen LogP contribution in [0.5, 0.6) is 0 Å². The zero-order valence-electron chi connectivity index (χ0n) is 9.76. The summed E-state index contributed by atoms with van der Waals surface area (Å²) in [5, 5.41) is 11.0. The van der Waals surface area contributed by atoms with E-state index in [2.05, 4.69) is 0 Å². The third-order valence-electron chi connectivity index (χ3n) is 3.18. The number of amides is 1. The Bertz CT molecular complexity index is 452. The molecule has 6 heteroatoms. The Balaban J connectivity index is 1.92. The van der Waals surface area contributed by atoms with Crippen molar-refractivity contribution in [3.05, 3.63) is 21.3 Å². The maximum Gasteiger partial charge on any atom is 0.303 e. The van der Waals surface area contributed by atoms with Crippen LogP contribution in [0.4, 0.5) is 0 Å². The lowest BCUT2D eigenvalue weighted by molar-refractivity contribution is -0.138. The largest absolute Gasteiger partial charge is 0.481 e. The molecule has 1 amide bonds. The number of likely N-dealkylation sites (tertiary alicyclic amines) is 1. The monoisotopic (exact) mass is 287 g/mol. The first-order valence-corrected chi connectivity index (χ1v) is 7.07. The molecule has 0 atom stereocenters. The van der Waals surface area contributed by atoms with Gasteiger partial charge in [-0.1, -0.05) is 11.6 Å². The molecule has 1 aliphatic rings. The molecule has 18 heavy (non-hydrogen) atoms. The molecule has 1 N–H and O–H groups in total. The number of carboxylic acids is 1. The molecule has 0 unspecified atom stereocenters. The van der Waals surface area contributed by atoms with Crippen molar-refractivity contribution in [3.63, 3.8) is 0 Å². The predicted octanol–water partition coefficient (Wildman–Crippen LogP) is 2.73. The molecule has 1 fully saturated rings. The van der Waals surface area contributed by atoms with E-state index in [1.807, 2.05) is 0 Å². The first kappa shape index (κ1) is 13.4. The van der Waals surface area contributed by atoms with Crippen LogP contribution in [0, 0.1) is 5.92 Å². The van der Waals surface area contributed by atoms with Gasteiger partial charge in [0.15, 0.2) is 0 Å². The van der Waals surface area contributed by atoms with E-state index in [-0.39, 0.29) is 18.2 Å². The Hall–Kier alpha value is -1.07. The fraction of sp³-hybridized carbons (Fsp3) is 0.500. The van der Waals surface area contributed by atoms with Gasteiger partial charge in [0, 0.05) is 19.5 Å². The van der Waals surface area contributed by atoms with Crippen molar-refractivity contribution in [1.29, 1.82) is 0 Å². The minimum atomic E-state index is -0.763. The normalized spacial score (nSPS) is 16.8. The number of thiophene rings is 1. The second kappa shape index (κ2) is 5.71. The molecule has 0 spiro atoms.